The third kappa shape index (κ3) is 5.77. The summed E-state index contributed by atoms with van der Waals surface area (Å²) in [6.07, 6.45) is -0.311. The number of benzene rings is 7. The van der Waals surface area contributed by atoms with Crippen molar-refractivity contribution in [3.8, 4) is 27.9 Å². The molecule has 0 spiro atoms. The second-order valence-corrected chi connectivity index (χ2v) is 13.9. The maximum atomic E-state index is 5.29. The first-order valence-electron chi connectivity index (χ1n) is 18.2. The highest BCUT2D eigenvalue weighted by molar-refractivity contribution is 6.15. The highest BCUT2D eigenvalue weighted by atomic mass is 15.3. The summed E-state index contributed by atoms with van der Waals surface area (Å²) >= 11 is 0. The smallest absolute Gasteiger partial charge is 0.131 e. The Morgan fingerprint density at radius 2 is 1.15 bits per heavy atom. The van der Waals surface area contributed by atoms with Crippen LogP contribution in [0.5, 0.6) is 0 Å². The summed E-state index contributed by atoms with van der Waals surface area (Å²) in [5, 5.41) is 9.97. The van der Waals surface area contributed by atoms with E-state index in [9.17, 15) is 0 Å². The number of aromatic nitrogens is 1. The minimum absolute atomic E-state index is 0.109. The third-order valence-electron chi connectivity index (χ3n) is 10.2. The van der Waals surface area contributed by atoms with Gasteiger partial charge in [-0.05, 0) is 57.5 Å². The first kappa shape index (κ1) is 31.7. The van der Waals surface area contributed by atoms with Crippen molar-refractivity contribution in [3.05, 3.63) is 198 Å². The second kappa shape index (κ2) is 13.5. The standard InChI is InChI=1S/C48H40N4/c1-32(2)40-28-29-42-41-27-26-37(33-16-7-3-8-17-33)31-43(41)52(45(42)44(40)34-18-9-4-10-19-34)39-25-15-24-38(30-39)48-50-46(35-20-11-5-12-21-35)49-47(51-48)36-22-13-6-14-23-36/h3-32,46-47,49H,1-2H3,(H,50,51). The molecule has 0 saturated carbocycles. The van der Waals surface area contributed by atoms with E-state index in [-0.39, 0.29) is 12.3 Å². The molecular weight excluding hydrogens is 633 g/mol. The zero-order chi connectivity index (χ0) is 35.0. The number of nitrogens with zero attached hydrogens (tertiary/aromatic N) is 2. The summed E-state index contributed by atoms with van der Waals surface area (Å²) in [5.41, 5.74) is 13.1. The van der Waals surface area contributed by atoms with E-state index in [0.29, 0.717) is 5.92 Å². The molecule has 9 rings (SSSR count). The van der Waals surface area contributed by atoms with Crippen LogP contribution in [0, 0.1) is 0 Å². The van der Waals surface area contributed by atoms with E-state index in [4.69, 9.17) is 4.99 Å². The number of aliphatic imine (C=N–C) groups is 1. The van der Waals surface area contributed by atoms with E-state index in [1.165, 1.54) is 49.6 Å². The average molecular weight is 673 g/mol. The fourth-order valence-electron chi connectivity index (χ4n) is 7.71. The van der Waals surface area contributed by atoms with Crippen molar-refractivity contribution >= 4 is 27.6 Å². The normalized spacial score (nSPS) is 15.9. The monoisotopic (exact) mass is 672 g/mol. The van der Waals surface area contributed by atoms with Crippen LogP contribution in [0.25, 0.3) is 49.7 Å². The van der Waals surface area contributed by atoms with E-state index < -0.39 is 0 Å². The number of hydrogen-bond donors (Lipinski definition) is 2. The van der Waals surface area contributed by atoms with E-state index in [2.05, 4.69) is 205 Å². The van der Waals surface area contributed by atoms with Crippen LogP contribution in [0.2, 0.25) is 0 Å². The molecule has 252 valence electrons. The number of rotatable bonds is 7. The lowest BCUT2D eigenvalue weighted by Gasteiger charge is -2.32. The van der Waals surface area contributed by atoms with Crippen LogP contribution in [-0.4, -0.2) is 10.4 Å². The summed E-state index contributed by atoms with van der Waals surface area (Å²) in [7, 11) is 0. The minimum Gasteiger partial charge on any atom is -0.350 e. The van der Waals surface area contributed by atoms with Gasteiger partial charge in [0.1, 0.15) is 18.2 Å². The van der Waals surface area contributed by atoms with Gasteiger partial charge in [-0.3, -0.25) is 5.32 Å². The fourth-order valence-corrected chi connectivity index (χ4v) is 7.71. The van der Waals surface area contributed by atoms with Crippen molar-refractivity contribution < 1.29 is 0 Å². The number of hydrogen-bond acceptors (Lipinski definition) is 3. The fraction of sp³-hybridized carbons (Fsp3) is 0.104. The molecule has 0 fully saturated rings. The molecule has 0 bridgehead atoms. The predicted octanol–water partition coefficient (Wildman–Crippen LogP) is 11.6. The SMILES string of the molecule is CC(C)c1ccc2c3ccc(-c4ccccc4)cc3n(-c3cccc(C4=NC(c5ccccc5)NC(c5ccccc5)N4)c3)c2c1-c1ccccc1. The van der Waals surface area contributed by atoms with Crippen molar-refractivity contribution in [2.24, 2.45) is 4.99 Å². The zero-order valence-electron chi connectivity index (χ0n) is 29.4. The van der Waals surface area contributed by atoms with E-state index in [1.54, 1.807) is 0 Å². The molecule has 1 aliphatic rings. The van der Waals surface area contributed by atoms with Crippen molar-refractivity contribution in [2.45, 2.75) is 32.1 Å². The molecule has 2 heterocycles. The van der Waals surface area contributed by atoms with Gasteiger partial charge >= 0.3 is 0 Å². The Labute approximate surface area is 305 Å². The van der Waals surface area contributed by atoms with Crippen molar-refractivity contribution in [1.29, 1.82) is 0 Å². The van der Waals surface area contributed by atoms with Gasteiger partial charge in [0, 0.05) is 27.6 Å². The first-order chi connectivity index (χ1) is 25.6. The largest absolute Gasteiger partial charge is 0.350 e. The van der Waals surface area contributed by atoms with Crippen molar-refractivity contribution in [3.63, 3.8) is 0 Å². The lowest BCUT2D eigenvalue weighted by Crippen LogP contribution is -2.44. The highest BCUT2D eigenvalue weighted by Gasteiger charge is 2.26. The van der Waals surface area contributed by atoms with Crippen LogP contribution in [0.1, 0.15) is 54.4 Å². The van der Waals surface area contributed by atoms with Gasteiger partial charge in [0.25, 0.3) is 0 Å². The lowest BCUT2D eigenvalue weighted by molar-refractivity contribution is 0.409. The Morgan fingerprint density at radius 1 is 0.538 bits per heavy atom. The Bertz CT molecular complexity index is 2540. The van der Waals surface area contributed by atoms with Gasteiger partial charge in [-0.15, -0.1) is 0 Å². The van der Waals surface area contributed by atoms with Crippen LogP contribution < -0.4 is 10.6 Å². The molecule has 0 amide bonds. The molecule has 4 heteroatoms. The Morgan fingerprint density at radius 3 is 1.85 bits per heavy atom. The van der Waals surface area contributed by atoms with Crippen LogP contribution in [0.15, 0.2) is 181 Å². The third-order valence-corrected chi connectivity index (χ3v) is 10.2. The first-order valence-corrected chi connectivity index (χ1v) is 18.2. The molecule has 52 heavy (non-hydrogen) atoms. The summed E-state index contributed by atoms with van der Waals surface area (Å²) in [4.78, 5) is 5.29. The summed E-state index contributed by atoms with van der Waals surface area (Å²) in [5.74, 6) is 1.20. The quantitative estimate of drug-likeness (QED) is 0.177. The van der Waals surface area contributed by atoms with Crippen molar-refractivity contribution in [1.82, 2.24) is 15.2 Å². The zero-order valence-corrected chi connectivity index (χ0v) is 29.4. The molecule has 1 aromatic heterocycles. The molecular formula is C48H40N4. The number of nitrogens with one attached hydrogen (secondary N) is 2. The summed E-state index contributed by atoms with van der Waals surface area (Å²) < 4.78 is 2.49. The molecule has 0 radical (unpaired) electrons. The van der Waals surface area contributed by atoms with Crippen LogP contribution in [-0.2, 0) is 0 Å². The Kier molecular flexibility index (Phi) is 8.22. The molecule has 2 unspecified atom stereocenters. The molecule has 0 aliphatic carbocycles. The van der Waals surface area contributed by atoms with Gasteiger partial charge in [-0.2, -0.15) is 0 Å². The van der Waals surface area contributed by atoms with Crippen LogP contribution >= 0.6 is 0 Å². The maximum absolute atomic E-state index is 5.29. The molecule has 8 aromatic rings. The summed E-state index contributed by atoms with van der Waals surface area (Å²) in [6, 6.07) is 63.1. The maximum Gasteiger partial charge on any atom is 0.131 e. The van der Waals surface area contributed by atoms with Crippen molar-refractivity contribution in [2.75, 3.05) is 0 Å². The summed E-state index contributed by atoms with van der Waals surface area (Å²) in [6.45, 7) is 4.59. The van der Waals surface area contributed by atoms with E-state index >= 15 is 0 Å². The molecule has 2 N–H and O–H groups in total. The second-order valence-electron chi connectivity index (χ2n) is 13.9. The van der Waals surface area contributed by atoms with Gasteiger partial charge in [0.05, 0.1) is 11.0 Å². The van der Waals surface area contributed by atoms with E-state index in [1.807, 2.05) is 0 Å². The van der Waals surface area contributed by atoms with Gasteiger partial charge < -0.3 is 9.88 Å². The van der Waals surface area contributed by atoms with Gasteiger partial charge in [0.2, 0.25) is 0 Å². The molecule has 7 aromatic carbocycles. The number of amidine groups is 1. The Hall–Kier alpha value is -6.23. The predicted molar refractivity (Wildman–Crippen MR) is 217 cm³/mol. The topological polar surface area (TPSA) is 41.4 Å². The van der Waals surface area contributed by atoms with Crippen LogP contribution in [0.4, 0.5) is 0 Å². The van der Waals surface area contributed by atoms with Gasteiger partial charge in [-0.1, -0.05) is 172 Å². The van der Waals surface area contributed by atoms with Crippen LogP contribution in [0.3, 0.4) is 0 Å². The molecule has 0 saturated heterocycles. The minimum atomic E-state index is -0.203. The molecule has 4 nitrogen and oxygen atoms in total. The highest BCUT2D eigenvalue weighted by Crippen LogP contribution is 2.43. The average Bonchev–Trinajstić information content (AvgIpc) is 3.55. The van der Waals surface area contributed by atoms with Gasteiger partial charge in [-0.25, -0.2) is 4.99 Å². The lowest BCUT2D eigenvalue weighted by atomic mass is 9.90. The number of fused-ring (bicyclic) bond motifs is 3. The van der Waals surface area contributed by atoms with E-state index in [0.717, 1.165) is 28.2 Å². The van der Waals surface area contributed by atoms with Gasteiger partial charge in [0.15, 0.2) is 0 Å². The molecule has 2 atom stereocenters. The Balaban J connectivity index is 1.29. The molecule has 1 aliphatic heterocycles.